The van der Waals surface area contributed by atoms with Gasteiger partial charge < -0.3 is 10.2 Å². The Kier molecular flexibility index (Phi) is 3.14. The zero-order valence-electron chi connectivity index (χ0n) is 8.75. The molecule has 13 heavy (non-hydrogen) atoms. The average Bonchev–Trinajstić information content (AvgIpc) is 1.78. The summed E-state index contributed by atoms with van der Waals surface area (Å²) in [5.41, 5.74) is 1.34. The Hall–Kier alpha value is -0.340. The number of hydrogen-bond donors (Lipinski definition) is 2. The van der Waals surface area contributed by atoms with E-state index in [9.17, 15) is 10.2 Å². The monoisotopic (exact) mass is 184 g/mol. The third-order valence-corrected chi connectivity index (χ3v) is 2.18. The molecule has 2 atom stereocenters. The van der Waals surface area contributed by atoms with Gasteiger partial charge in [0.05, 0.1) is 12.2 Å². The molecule has 1 aliphatic rings. The lowest BCUT2D eigenvalue weighted by molar-refractivity contribution is 0.0604. The van der Waals surface area contributed by atoms with Crippen molar-refractivity contribution in [2.45, 2.75) is 52.2 Å². The Morgan fingerprint density at radius 2 is 1.62 bits per heavy atom. The van der Waals surface area contributed by atoms with Crippen molar-refractivity contribution in [3.63, 3.8) is 0 Å². The van der Waals surface area contributed by atoms with Crippen LogP contribution >= 0.6 is 0 Å². The lowest BCUT2D eigenvalue weighted by atomic mass is 9.84. The summed E-state index contributed by atoms with van der Waals surface area (Å²) in [5.74, 6) is 0. The van der Waals surface area contributed by atoms with E-state index in [0.717, 1.165) is 12.8 Å². The first-order valence-corrected chi connectivity index (χ1v) is 4.93. The summed E-state index contributed by atoms with van der Waals surface area (Å²) in [6.07, 6.45) is 3.46. The van der Waals surface area contributed by atoms with Gasteiger partial charge in [0.2, 0.25) is 0 Å². The Balaban J connectivity index is 2.65. The molecule has 0 aromatic heterocycles. The molecule has 0 aliphatic heterocycles. The smallest absolute Gasteiger partial charge is 0.0602 e. The fourth-order valence-corrected chi connectivity index (χ4v) is 1.90. The maximum atomic E-state index is 9.45. The highest BCUT2D eigenvalue weighted by Crippen LogP contribution is 2.28. The van der Waals surface area contributed by atoms with Gasteiger partial charge in [0.25, 0.3) is 0 Å². The molecule has 2 N–H and O–H groups in total. The van der Waals surface area contributed by atoms with Crippen molar-refractivity contribution < 1.29 is 10.2 Å². The van der Waals surface area contributed by atoms with Gasteiger partial charge in [-0.15, -0.1) is 0 Å². The van der Waals surface area contributed by atoms with Gasteiger partial charge in [-0.3, -0.25) is 0 Å². The standard InChI is InChI=1S/C11H20O2/c1-11(2,3)7-8-4-9(12)6-10(13)5-8/h7,9-10,12-13H,4-6H2,1-3H3/t9-,10+. The highest BCUT2D eigenvalue weighted by Gasteiger charge is 2.22. The van der Waals surface area contributed by atoms with Crippen LogP contribution in [0.4, 0.5) is 0 Å². The van der Waals surface area contributed by atoms with E-state index in [1.807, 2.05) is 0 Å². The number of allylic oxidation sites excluding steroid dienone is 1. The molecule has 1 fully saturated rings. The van der Waals surface area contributed by atoms with Crippen molar-refractivity contribution in [1.29, 1.82) is 0 Å². The van der Waals surface area contributed by atoms with Crippen molar-refractivity contribution in [2.24, 2.45) is 5.41 Å². The molecule has 0 aromatic carbocycles. The van der Waals surface area contributed by atoms with Crippen LogP contribution in [0.2, 0.25) is 0 Å². The van der Waals surface area contributed by atoms with Crippen molar-refractivity contribution in [1.82, 2.24) is 0 Å². The second kappa shape index (κ2) is 3.81. The molecule has 0 aromatic rings. The Morgan fingerprint density at radius 1 is 1.15 bits per heavy atom. The van der Waals surface area contributed by atoms with Gasteiger partial charge in [0.15, 0.2) is 0 Å². The van der Waals surface area contributed by atoms with Crippen LogP contribution in [0.5, 0.6) is 0 Å². The van der Waals surface area contributed by atoms with Crippen LogP contribution in [0.15, 0.2) is 11.6 Å². The minimum absolute atomic E-state index is 0.145. The lowest BCUT2D eigenvalue weighted by Crippen LogP contribution is -2.25. The van der Waals surface area contributed by atoms with Crippen LogP contribution in [-0.4, -0.2) is 22.4 Å². The van der Waals surface area contributed by atoms with E-state index >= 15 is 0 Å². The fraction of sp³-hybridized carbons (Fsp3) is 0.818. The summed E-state index contributed by atoms with van der Waals surface area (Å²) in [5, 5.41) is 18.9. The summed E-state index contributed by atoms with van der Waals surface area (Å²) in [6, 6.07) is 0. The van der Waals surface area contributed by atoms with Gasteiger partial charge in [-0.05, 0) is 24.7 Å². The lowest BCUT2D eigenvalue weighted by Gasteiger charge is -2.26. The Labute approximate surface area is 80.3 Å². The molecule has 2 heteroatoms. The van der Waals surface area contributed by atoms with Crippen LogP contribution in [-0.2, 0) is 0 Å². The van der Waals surface area contributed by atoms with E-state index in [-0.39, 0.29) is 17.6 Å². The summed E-state index contributed by atoms with van der Waals surface area (Å²) in [7, 11) is 0. The van der Waals surface area contributed by atoms with Gasteiger partial charge >= 0.3 is 0 Å². The molecular weight excluding hydrogens is 164 g/mol. The van der Waals surface area contributed by atoms with Crippen molar-refractivity contribution in [2.75, 3.05) is 0 Å². The topological polar surface area (TPSA) is 40.5 Å². The molecule has 0 unspecified atom stereocenters. The number of aliphatic hydroxyl groups excluding tert-OH is 2. The van der Waals surface area contributed by atoms with Crippen molar-refractivity contribution >= 4 is 0 Å². The van der Waals surface area contributed by atoms with E-state index in [1.54, 1.807) is 0 Å². The molecule has 0 saturated heterocycles. The molecule has 0 radical (unpaired) electrons. The minimum atomic E-state index is -0.350. The molecule has 1 rings (SSSR count). The molecular formula is C11H20O2. The van der Waals surface area contributed by atoms with Gasteiger partial charge in [0, 0.05) is 0 Å². The first-order valence-electron chi connectivity index (χ1n) is 4.93. The SMILES string of the molecule is CC(C)(C)C=C1C[C@@H](O)C[C@@H](O)C1. The van der Waals surface area contributed by atoms with Gasteiger partial charge in [-0.1, -0.05) is 32.4 Å². The minimum Gasteiger partial charge on any atom is -0.393 e. The van der Waals surface area contributed by atoms with E-state index in [4.69, 9.17) is 0 Å². The van der Waals surface area contributed by atoms with Crippen molar-refractivity contribution in [3.8, 4) is 0 Å². The fourth-order valence-electron chi connectivity index (χ4n) is 1.90. The Morgan fingerprint density at radius 3 is 2.00 bits per heavy atom. The van der Waals surface area contributed by atoms with Gasteiger partial charge in [-0.2, -0.15) is 0 Å². The Bertz CT molecular complexity index is 189. The highest BCUT2D eigenvalue weighted by atomic mass is 16.3. The van der Waals surface area contributed by atoms with Crippen LogP contribution in [0.3, 0.4) is 0 Å². The normalized spacial score (nSPS) is 33.8. The van der Waals surface area contributed by atoms with Crippen LogP contribution in [0.25, 0.3) is 0 Å². The average molecular weight is 184 g/mol. The second-order valence-electron chi connectivity index (χ2n) is 5.12. The van der Waals surface area contributed by atoms with Crippen molar-refractivity contribution in [3.05, 3.63) is 11.6 Å². The number of rotatable bonds is 0. The number of hydrogen-bond acceptors (Lipinski definition) is 2. The first kappa shape index (κ1) is 10.7. The molecule has 0 heterocycles. The molecule has 0 spiro atoms. The molecule has 1 saturated carbocycles. The third kappa shape index (κ3) is 3.92. The van der Waals surface area contributed by atoms with E-state index in [2.05, 4.69) is 26.8 Å². The zero-order valence-corrected chi connectivity index (χ0v) is 8.75. The molecule has 0 bridgehead atoms. The molecule has 76 valence electrons. The summed E-state index contributed by atoms with van der Waals surface area (Å²) >= 11 is 0. The predicted octanol–water partition coefficient (Wildman–Crippen LogP) is 1.86. The zero-order chi connectivity index (χ0) is 10.1. The quantitative estimate of drug-likeness (QED) is 0.564. The summed E-state index contributed by atoms with van der Waals surface area (Å²) in [6.45, 7) is 6.40. The summed E-state index contributed by atoms with van der Waals surface area (Å²) in [4.78, 5) is 0. The molecule has 1 aliphatic carbocycles. The van der Waals surface area contributed by atoms with Crippen LogP contribution in [0, 0.1) is 5.41 Å². The maximum Gasteiger partial charge on any atom is 0.0602 e. The molecule has 0 amide bonds. The molecule has 2 nitrogen and oxygen atoms in total. The van der Waals surface area contributed by atoms with E-state index < -0.39 is 0 Å². The van der Waals surface area contributed by atoms with Crippen LogP contribution in [0.1, 0.15) is 40.0 Å². The third-order valence-electron chi connectivity index (χ3n) is 2.18. The second-order valence-corrected chi connectivity index (χ2v) is 5.12. The largest absolute Gasteiger partial charge is 0.393 e. The summed E-state index contributed by atoms with van der Waals surface area (Å²) < 4.78 is 0. The highest BCUT2D eigenvalue weighted by molar-refractivity contribution is 5.11. The van der Waals surface area contributed by atoms with Gasteiger partial charge in [0.1, 0.15) is 0 Å². The first-order chi connectivity index (χ1) is 5.87. The predicted molar refractivity (Wildman–Crippen MR) is 53.4 cm³/mol. The van der Waals surface area contributed by atoms with E-state index in [0.29, 0.717) is 6.42 Å². The van der Waals surface area contributed by atoms with Crippen LogP contribution < -0.4 is 0 Å². The van der Waals surface area contributed by atoms with E-state index in [1.165, 1.54) is 5.57 Å². The number of aliphatic hydroxyl groups is 2. The maximum absolute atomic E-state index is 9.45. The van der Waals surface area contributed by atoms with Gasteiger partial charge in [-0.25, -0.2) is 0 Å².